The lowest BCUT2D eigenvalue weighted by Gasteiger charge is -2.16. The van der Waals surface area contributed by atoms with Crippen molar-refractivity contribution in [1.29, 1.82) is 0 Å². The van der Waals surface area contributed by atoms with Crippen molar-refractivity contribution >= 4 is 29.1 Å². The number of hydrogen-bond acceptors (Lipinski definition) is 2. The molecule has 2 aromatic rings. The fraction of sp³-hybridized carbons (Fsp3) is 0.312. The van der Waals surface area contributed by atoms with Gasteiger partial charge in [-0.25, -0.2) is 0 Å². The van der Waals surface area contributed by atoms with Crippen LogP contribution in [0.3, 0.4) is 0 Å². The van der Waals surface area contributed by atoms with E-state index in [2.05, 4.69) is 6.07 Å². The summed E-state index contributed by atoms with van der Waals surface area (Å²) in [7, 11) is 0. The second kappa shape index (κ2) is 6.25. The topological polar surface area (TPSA) is 46.3 Å². The first-order valence-electron chi connectivity index (χ1n) is 6.76. The molecule has 1 atom stereocenters. The molecule has 0 saturated carbocycles. The van der Waals surface area contributed by atoms with E-state index in [1.165, 1.54) is 5.39 Å². The van der Waals surface area contributed by atoms with Gasteiger partial charge in [0.2, 0.25) is 0 Å². The molecule has 3 nitrogen and oxygen atoms in total. The van der Waals surface area contributed by atoms with E-state index >= 15 is 0 Å². The third-order valence-corrected chi connectivity index (χ3v) is 3.90. The molecule has 0 aromatic heterocycles. The van der Waals surface area contributed by atoms with Crippen LogP contribution in [0.25, 0.3) is 10.8 Å². The zero-order chi connectivity index (χ0) is 13.2. The Morgan fingerprint density at radius 2 is 1.95 bits per heavy atom. The van der Waals surface area contributed by atoms with Crippen LogP contribution in [0.1, 0.15) is 16.8 Å². The molecule has 1 saturated heterocycles. The minimum absolute atomic E-state index is 0. The predicted octanol–water partition coefficient (Wildman–Crippen LogP) is 2.68. The maximum atomic E-state index is 12.4. The van der Waals surface area contributed by atoms with Crippen LogP contribution in [0, 0.1) is 5.92 Å². The van der Waals surface area contributed by atoms with Gasteiger partial charge in [0, 0.05) is 18.7 Å². The Kier molecular flexibility index (Phi) is 4.63. The Balaban J connectivity index is 0.00000147. The summed E-state index contributed by atoms with van der Waals surface area (Å²) in [6.45, 7) is 2.29. The average Bonchev–Trinajstić information content (AvgIpc) is 2.95. The van der Waals surface area contributed by atoms with Crippen molar-refractivity contribution in [3.8, 4) is 0 Å². The molecule has 0 spiro atoms. The van der Waals surface area contributed by atoms with Crippen molar-refractivity contribution in [3.05, 3.63) is 48.0 Å². The zero-order valence-corrected chi connectivity index (χ0v) is 12.1. The lowest BCUT2D eigenvalue weighted by molar-refractivity contribution is 0.0788. The maximum Gasteiger partial charge on any atom is 0.253 e. The first kappa shape index (κ1) is 14.8. The molecule has 1 heterocycles. The number of carbonyl (C=O) groups excluding carboxylic acids is 1. The number of carbonyl (C=O) groups is 1. The summed E-state index contributed by atoms with van der Waals surface area (Å²) in [5, 5.41) is 2.28. The molecule has 0 bridgehead atoms. The predicted molar refractivity (Wildman–Crippen MR) is 84.3 cm³/mol. The molecule has 1 aliphatic rings. The van der Waals surface area contributed by atoms with E-state index in [9.17, 15) is 4.79 Å². The SMILES string of the molecule is Cl.NCC1CCN(C(=O)c2ccc3ccccc3c2)C1. The number of nitrogens with zero attached hydrogens (tertiary/aromatic N) is 1. The maximum absolute atomic E-state index is 12.4. The smallest absolute Gasteiger partial charge is 0.253 e. The van der Waals surface area contributed by atoms with E-state index in [-0.39, 0.29) is 18.3 Å². The number of benzene rings is 2. The molecule has 0 aliphatic carbocycles. The molecule has 1 aliphatic heterocycles. The lowest BCUT2D eigenvalue weighted by Crippen LogP contribution is -2.29. The van der Waals surface area contributed by atoms with Gasteiger partial charge < -0.3 is 10.6 Å². The number of nitrogens with two attached hydrogens (primary N) is 1. The van der Waals surface area contributed by atoms with E-state index in [4.69, 9.17) is 5.73 Å². The largest absolute Gasteiger partial charge is 0.338 e. The molecular weight excluding hydrogens is 272 g/mol. The molecule has 2 N–H and O–H groups in total. The number of rotatable bonds is 2. The Hall–Kier alpha value is -1.58. The molecule has 2 aromatic carbocycles. The second-order valence-corrected chi connectivity index (χ2v) is 5.20. The van der Waals surface area contributed by atoms with E-state index in [0.29, 0.717) is 12.5 Å². The number of likely N-dealkylation sites (tertiary alicyclic amines) is 1. The van der Waals surface area contributed by atoms with Crippen molar-refractivity contribution in [1.82, 2.24) is 4.90 Å². The number of hydrogen-bond donors (Lipinski definition) is 1. The van der Waals surface area contributed by atoms with Gasteiger partial charge in [-0.05, 0) is 41.8 Å². The number of amides is 1. The van der Waals surface area contributed by atoms with E-state index < -0.39 is 0 Å². The number of halogens is 1. The first-order valence-corrected chi connectivity index (χ1v) is 6.76. The minimum atomic E-state index is 0. The van der Waals surface area contributed by atoms with Gasteiger partial charge in [-0.1, -0.05) is 30.3 Å². The third-order valence-electron chi connectivity index (χ3n) is 3.90. The molecule has 4 heteroatoms. The summed E-state index contributed by atoms with van der Waals surface area (Å²) in [5.74, 6) is 0.589. The Bertz CT molecular complexity index is 614. The summed E-state index contributed by atoms with van der Waals surface area (Å²) in [6.07, 6.45) is 1.02. The van der Waals surface area contributed by atoms with E-state index in [1.807, 2.05) is 41.3 Å². The highest BCUT2D eigenvalue weighted by molar-refractivity contribution is 5.98. The molecule has 106 valence electrons. The van der Waals surface area contributed by atoms with Crippen molar-refractivity contribution in [3.63, 3.8) is 0 Å². The van der Waals surface area contributed by atoms with Gasteiger partial charge in [0.1, 0.15) is 0 Å². The monoisotopic (exact) mass is 290 g/mol. The highest BCUT2D eigenvalue weighted by Gasteiger charge is 2.25. The van der Waals surface area contributed by atoms with Crippen LogP contribution in [0.4, 0.5) is 0 Å². The molecule has 1 unspecified atom stereocenters. The van der Waals surface area contributed by atoms with Gasteiger partial charge in [0.15, 0.2) is 0 Å². The van der Waals surface area contributed by atoms with Gasteiger partial charge in [-0.15, -0.1) is 12.4 Å². The molecular formula is C16H19ClN2O. The van der Waals surface area contributed by atoms with Crippen molar-refractivity contribution in [2.24, 2.45) is 11.7 Å². The highest BCUT2D eigenvalue weighted by atomic mass is 35.5. The van der Waals surface area contributed by atoms with Crippen LogP contribution in [0.5, 0.6) is 0 Å². The quantitative estimate of drug-likeness (QED) is 0.924. The van der Waals surface area contributed by atoms with Gasteiger partial charge in [0.25, 0.3) is 5.91 Å². The van der Waals surface area contributed by atoms with Crippen LogP contribution in [0.2, 0.25) is 0 Å². The second-order valence-electron chi connectivity index (χ2n) is 5.20. The average molecular weight is 291 g/mol. The van der Waals surface area contributed by atoms with Crippen LogP contribution in [-0.4, -0.2) is 30.4 Å². The summed E-state index contributed by atoms with van der Waals surface area (Å²) in [6, 6.07) is 14.0. The third kappa shape index (κ3) is 2.79. The van der Waals surface area contributed by atoms with Crippen LogP contribution in [0.15, 0.2) is 42.5 Å². The zero-order valence-electron chi connectivity index (χ0n) is 11.3. The fourth-order valence-electron chi connectivity index (χ4n) is 2.71. The minimum Gasteiger partial charge on any atom is -0.338 e. The van der Waals surface area contributed by atoms with E-state index in [0.717, 1.165) is 30.5 Å². The molecule has 1 amide bonds. The standard InChI is InChI=1S/C16H18N2O.ClH/c17-10-12-7-8-18(11-12)16(19)15-6-5-13-3-1-2-4-14(13)9-15;/h1-6,9,12H,7-8,10-11,17H2;1H. The fourth-order valence-corrected chi connectivity index (χ4v) is 2.71. The molecule has 1 fully saturated rings. The Labute approximate surface area is 125 Å². The Morgan fingerprint density at radius 1 is 1.20 bits per heavy atom. The highest BCUT2D eigenvalue weighted by Crippen LogP contribution is 2.20. The van der Waals surface area contributed by atoms with Crippen LogP contribution in [-0.2, 0) is 0 Å². The van der Waals surface area contributed by atoms with Crippen molar-refractivity contribution < 1.29 is 4.79 Å². The van der Waals surface area contributed by atoms with Crippen molar-refractivity contribution in [2.75, 3.05) is 19.6 Å². The normalized spacial score (nSPS) is 18.1. The summed E-state index contributed by atoms with van der Waals surface area (Å²) >= 11 is 0. The number of fused-ring (bicyclic) bond motifs is 1. The first-order chi connectivity index (χ1) is 9.28. The van der Waals surface area contributed by atoms with Crippen molar-refractivity contribution in [2.45, 2.75) is 6.42 Å². The van der Waals surface area contributed by atoms with Gasteiger partial charge in [-0.2, -0.15) is 0 Å². The van der Waals surface area contributed by atoms with Gasteiger partial charge >= 0.3 is 0 Å². The van der Waals surface area contributed by atoms with Gasteiger partial charge in [-0.3, -0.25) is 4.79 Å². The summed E-state index contributed by atoms with van der Waals surface area (Å²) in [5.41, 5.74) is 6.45. The molecule has 20 heavy (non-hydrogen) atoms. The van der Waals surface area contributed by atoms with Gasteiger partial charge in [0.05, 0.1) is 0 Å². The summed E-state index contributed by atoms with van der Waals surface area (Å²) < 4.78 is 0. The molecule has 0 radical (unpaired) electrons. The van der Waals surface area contributed by atoms with Crippen LogP contribution < -0.4 is 5.73 Å². The Morgan fingerprint density at radius 3 is 2.65 bits per heavy atom. The lowest BCUT2D eigenvalue weighted by atomic mass is 10.1. The van der Waals surface area contributed by atoms with E-state index in [1.54, 1.807) is 0 Å². The molecule has 3 rings (SSSR count). The summed E-state index contributed by atoms with van der Waals surface area (Å²) in [4.78, 5) is 14.4. The van der Waals surface area contributed by atoms with Crippen LogP contribution >= 0.6 is 12.4 Å².